The zero-order valence-electron chi connectivity index (χ0n) is 12.5. The number of aliphatic carboxylic acids is 1. The van der Waals surface area contributed by atoms with E-state index in [2.05, 4.69) is 0 Å². The first kappa shape index (κ1) is 15.4. The van der Waals surface area contributed by atoms with E-state index in [0.717, 1.165) is 39.5 Å². The van der Waals surface area contributed by atoms with E-state index in [9.17, 15) is 14.7 Å². The summed E-state index contributed by atoms with van der Waals surface area (Å²) < 4.78 is 0. The van der Waals surface area contributed by atoms with E-state index >= 15 is 0 Å². The normalized spacial score (nSPS) is 15.6. The van der Waals surface area contributed by atoms with Crippen molar-refractivity contribution in [3.63, 3.8) is 0 Å². The number of carbonyl (C=O) groups excluding carboxylic acids is 2. The second kappa shape index (κ2) is 6.30. The number of carbonyl (C=O) groups is 2. The molecule has 116 valence electrons. The molecule has 0 unspecified atom stereocenters. The number of benzene rings is 2. The number of nitrogens with zero attached hydrogens (tertiary/aromatic N) is 1. The van der Waals surface area contributed by atoms with E-state index < -0.39 is 5.97 Å². The van der Waals surface area contributed by atoms with Gasteiger partial charge < -0.3 is 14.8 Å². The van der Waals surface area contributed by atoms with Crippen LogP contribution in [0.1, 0.15) is 11.1 Å². The van der Waals surface area contributed by atoms with Crippen molar-refractivity contribution in [3.8, 4) is 0 Å². The van der Waals surface area contributed by atoms with Gasteiger partial charge in [-0.1, -0.05) is 48.2 Å². The Kier molecular flexibility index (Phi) is 4.21. The van der Waals surface area contributed by atoms with Crippen LogP contribution in [0.25, 0.3) is 0 Å². The Morgan fingerprint density at radius 2 is 1.87 bits per heavy atom. The van der Waals surface area contributed by atoms with Crippen molar-refractivity contribution in [1.29, 1.82) is 0 Å². The average molecular weight is 324 g/mol. The van der Waals surface area contributed by atoms with Crippen molar-refractivity contribution < 1.29 is 14.7 Å². The van der Waals surface area contributed by atoms with Gasteiger partial charge in [-0.05, 0) is 36.3 Å². The molecule has 5 heteroatoms. The summed E-state index contributed by atoms with van der Waals surface area (Å²) >= 11 is 1.16. The Balaban J connectivity index is 2.04. The highest BCUT2D eigenvalue weighted by molar-refractivity contribution is 8.04. The lowest BCUT2D eigenvalue weighted by atomic mass is 10.1. The minimum atomic E-state index is -1.36. The van der Waals surface area contributed by atoms with E-state index in [1.807, 2.05) is 55.5 Å². The molecule has 0 saturated carbocycles. The molecule has 0 spiro atoms. The minimum absolute atomic E-state index is 0.164. The van der Waals surface area contributed by atoms with Crippen LogP contribution < -0.4 is 10.0 Å². The number of thioether (sulfide) groups is 1. The highest BCUT2D eigenvalue weighted by Crippen LogP contribution is 2.41. The maximum atomic E-state index is 12.7. The summed E-state index contributed by atoms with van der Waals surface area (Å²) in [6, 6.07) is 15.3. The third-order valence-corrected chi connectivity index (χ3v) is 4.75. The molecule has 0 atom stereocenters. The van der Waals surface area contributed by atoms with Gasteiger partial charge >= 0.3 is 0 Å². The van der Waals surface area contributed by atoms with Crippen LogP contribution in [0.2, 0.25) is 0 Å². The lowest BCUT2D eigenvalue weighted by molar-refractivity contribution is -0.297. The maximum Gasteiger partial charge on any atom is 0.265 e. The molecular formula is C18H14NO3S-. The fraction of sp³-hybridized carbons (Fsp3) is 0.111. The molecule has 1 aliphatic heterocycles. The number of amides is 1. The highest BCUT2D eigenvalue weighted by Gasteiger charge is 2.29. The molecule has 1 amide bonds. The van der Waals surface area contributed by atoms with Gasteiger partial charge in [0.15, 0.2) is 0 Å². The second-order valence-electron chi connectivity index (χ2n) is 5.22. The molecule has 0 aromatic heterocycles. The zero-order valence-corrected chi connectivity index (χ0v) is 13.3. The van der Waals surface area contributed by atoms with Crippen molar-refractivity contribution in [2.75, 3.05) is 4.90 Å². The van der Waals surface area contributed by atoms with E-state index in [4.69, 9.17) is 0 Å². The van der Waals surface area contributed by atoms with Crippen LogP contribution in [0.15, 0.2) is 64.4 Å². The van der Waals surface area contributed by atoms with Crippen LogP contribution in [0.4, 0.5) is 5.69 Å². The summed E-state index contributed by atoms with van der Waals surface area (Å²) in [4.78, 5) is 26.2. The Morgan fingerprint density at radius 3 is 2.61 bits per heavy atom. The summed E-state index contributed by atoms with van der Waals surface area (Å²) in [5.74, 6) is -1.68. The molecule has 3 rings (SSSR count). The first-order valence-electron chi connectivity index (χ1n) is 7.12. The second-order valence-corrected chi connectivity index (χ2v) is 6.30. The first-order valence-corrected chi connectivity index (χ1v) is 7.94. The molecule has 0 N–H and O–H groups in total. The fourth-order valence-corrected chi connectivity index (χ4v) is 3.50. The standard InChI is InChI=1S/C18H15NO3S/c1-12-6-2-3-7-13(12)11-19-14-8-4-5-9-15(14)23-16(18(19)22)10-17(20)21/h2-10H,11H2,1H3,(H,20,21)/p-1. The maximum absolute atomic E-state index is 12.7. The number of carboxylic acids is 1. The third-order valence-electron chi connectivity index (χ3n) is 3.67. The number of hydrogen-bond donors (Lipinski definition) is 0. The summed E-state index contributed by atoms with van der Waals surface area (Å²) in [5.41, 5.74) is 2.90. The topological polar surface area (TPSA) is 60.4 Å². The SMILES string of the molecule is Cc1ccccc1CN1C(=O)C(=CC(=O)[O-])Sc2ccccc21. The summed E-state index contributed by atoms with van der Waals surface area (Å²) in [5, 5.41) is 10.9. The minimum Gasteiger partial charge on any atom is -0.545 e. The predicted molar refractivity (Wildman–Crippen MR) is 87.8 cm³/mol. The van der Waals surface area contributed by atoms with Gasteiger partial charge in [-0.25, -0.2) is 0 Å². The van der Waals surface area contributed by atoms with Crippen LogP contribution in [-0.2, 0) is 16.1 Å². The molecule has 2 aromatic rings. The van der Waals surface area contributed by atoms with Crippen molar-refractivity contribution in [2.24, 2.45) is 0 Å². The lowest BCUT2D eigenvalue weighted by Gasteiger charge is -2.30. The van der Waals surface area contributed by atoms with E-state index in [0.29, 0.717) is 6.54 Å². The average Bonchev–Trinajstić information content (AvgIpc) is 2.52. The van der Waals surface area contributed by atoms with Crippen molar-refractivity contribution in [1.82, 2.24) is 0 Å². The molecule has 0 aliphatic carbocycles. The van der Waals surface area contributed by atoms with Crippen molar-refractivity contribution in [2.45, 2.75) is 18.4 Å². The van der Waals surface area contributed by atoms with Gasteiger partial charge in [0.05, 0.1) is 23.1 Å². The van der Waals surface area contributed by atoms with Gasteiger partial charge in [-0.15, -0.1) is 0 Å². The van der Waals surface area contributed by atoms with Crippen LogP contribution in [0.5, 0.6) is 0 Å². The molecule has 0 saturated heterocycles. The molecule has 4 nitrogen and oxygen atoms in total. The monoisotopic (exact) mass is 324 g/mol. The third kappa shape index (κ3) is 3.14. The Hall–Kier alpha value is -2.53. The smallest absolute Gasteiger partial charge is 0.265 e. The Labute approximate surface area is 138 Å². The van der Waals surface area contributed by atoms with E-state index in [1.165, 1.54) is 0 Å². The molecule has 0 fully saturated rings. The molecule has 23 heavy (non-hydrogen) atoms. The number of para-hydroxylation sites is 1. The number of aryl methyl sites for hydroxylation is 1. The molecule has 1 aliphatic rings. The van der Waals surface area contributed by atoms with Gasteiger partial charge in [0, 0.05) is 4.90 Å². The largest absolute Gasteiger partial charge is 0.545 e. The quantitative estimate of drug-likeness (QED) is 0.813. The van der Waals surface area contributed by atoms with Crippen LogP contribution in [0, 0.1) is 6.92 Å². The molecule has 0 bridgehead atoms. The summed E-state index contributed by atoms with van der Waals surface area (Å²) in [6.07, 6.45) is 0.869. The number of carboxylic acid groups (broad SMARTS) is 1. The van der Waals surface area contributed by atoms with Crippen LogP contribution >= 0.6 is 11.8 Å². The lowest BCUT2D eigenvalue weighted by Crippen LogP contribution is -2.35. The van der Waals surface area contributed by atoms with Crippen LogP contribution in [0.3, 0.4) is 0 Å². The van der Waals surface area contributed by atoms with Gasteiger partial charge in [0.1, 0.15) is 0 Å². The van der Waals surface area contributed by atoms with Gasteiger partial charge in [-0.3, -0.25) is 4.79 Å². The fourth-order valence-electron chi connectivity index (χ4n) is 2.48. The number of fused-ring (bicyclic) bond motifs is 1. The van der Waals surface area contributed by atoms with Gasteiger partial charge in [0.25, 0.3) is 5.91 Å². The van der Waals surface area contributed by atoms with Crippen molar-refractivity contribution in [3.05, 3.63) is 70.6 Å². The Morgan fingerprint density at radius 1 is 1.17 bits per heavy atom. The van der Waals surface area contributed by atoms with Gasteiger partial charge in [-0.2, -0.15) is 0 Å². The molecule has 0 radical (unpaired) electrons. The van der Waals surface area contributed by atoms with Crippen LogP contribution in [-0.4, -0.2) is 11.9 Å². The Bertz CT molecular complexity index is 813. The predicted octanol–water partition coefficient (Wildman–Crippen LogP) is 2.27. The summed E-state index contributed by atoms with van der Waals surface area (Å²) in [6.45, 7) is 2.38. The molecular weight excluding hydrogens is 310 g/mol. The van der Waals surface area contributed by atoms with Gasteiger partial charge in [0.2, 0.25) is 0 Å². The number of rotatable bonds is 3. The molecule has 1 heterocycles. The van der Waals surface area contributed by atoms with E-state index in [-0.39, 0.29) is 10.8 Å². The number of anilines is 1. The zero-order chi connectivity index (χ0) is 16.4. The first-order chi connectivity index (χ1) is 11.1. The van der Waals surface area contributed by atoms with E-state index in [1.54, 1.807) is 4.90 Å². The summed E-state index contributed by atoms with van der Waals surface area (Å²) in [7, 11) is 0. The number of hydrogen-bond acceptors (Lipinski definition) is 4. The molecule has 2 aromatic carbocycles. The van der Waals surface area contributed by atoms with Crippen molar-refractivity contribution >= 4 is 29.3 Å². The highest BCUT2D eigenvalue weighted by atomic mass is 32.2.